The van der Waals surface area contributed by atoms with Crippen LogP contribution in [0.15, 0.2) is 0 Å². The molecule has 3 fully saturated rings. The third-order valence-corrected chi connectivity index (χ3v) is 5.25. The van der Waals surface area contributed by atoms with Crippen LogP contribution in [-0.4, -0.2) is 12.4 Å². The van der Waals surface area contributed by atoms with E-state index in [9.17, 15) is 26.3 Å². The molecule has 3 aliphatic rings. The van der Waals surface area contributed by atoms with Crippen molar-refractivity contribution in [2.45, 2.75) is 32.1 Å². The smallest absolute Gasteiger partial charge is 0.170 e. The Morgan fingerprint density at radius 2 is 1.56 bits per heavy atom. The Labute approximate surface area is 88.0 Å². The van der Waals surface area contributed by atoms with Crippen molar-refractivity contribution in [2.75, 3.05) is 0 Å². The first-order chi connectivity index (χ1) is 7.12. The molecule has 0 saturated heterocycles. The van der Waals surface area contributed by atoms with E-state index in [1.165, 1.54) is 6.92 Å². The molecule has 0 aromatic carbocycles. The molecule has 0 aromatic rings. The van der Waals surface area contributed by atoms with Crippen molar-refractivity contribution in [2.24, 2.45) is 28.6 Å². The first kappa shape index (κ1) is 10.7. The van der Waals surface area contributed by atoms with E-state index >= 15 is 0 Å². The largest absolute Gasteiger partial charge is 0.395 e. The fraction of sp³-hybridized carbons (Fsp3) is 1.00. The Morgan fingerprint density at radius 1 is 1.00 bits per heavy atom. The highest BCUT2D eigenvalue weighted by Crippen LogP contribution is 2.98. The summed E-state index contributed by atoms with van der Waals surface area (Å²) in [6.07, 6.45) is -9.69. The first-order valence-corrected chi connectivity index (χ1v) is 5.26. The van der Waals surface area contributed by atoms with Gasteiger partial charge in [-0.05, 0) is 30.6 Å². The number of hydrogen-bond donors (Lipinski definition) is 0. The number of hydrogen-bond acceptors (Lipinski definition) is 0. The number of rotatable bonds is 0. The maximum absolute atomic E-state index is 12.9. The van der Waals surface area contributed by atoms with Gasteiger partial charge in [0.25, 0.3) is 0 Å². The molecule has 0 radical (unpaired) electrons. The Bertz CT molecular complexity index is 335. The third-order valence-electron chi connectivity index (χ3n) is 5.25. The van der Waals surface area contributed by atoms with Gasteiger partial charge in [0.15, 0.2) is 0 Å². The summed E-state index contributed by atoms with van der Waals surface area (Å²) < 4.78 is 77.5. The average molecular weight is 244 g/mol. The maximum Gasteiger partial charge on any atom is 0.395 e. The summed E-state index contributed by atoms with van der Waals surface area (Å²) in [5.41, 5.74) is -4.86. The van der Waals surface area contributed by atoms with Crippen molar-refractivity contribution in [1.29, 1.82) is 0 Å². The Kier molecular flexibility index (Phi) is 1.51. The molecule has 4 unspecified atom stereocenters. The molecular formula is C10H10F6. The van der Waals surface area contributed by atoms with Crippen molar-refractivity contribution < 1.29 is 26.3 Å². The predicted molar refractivity (Wildman–Crippen MR) is 42.4 cm³/mol. The molecule has 0 aromatic heterocycles. The zero-order chi connectivity index (χ0) is 12.1. The summed E-state index contributed by atoms with van der Waals surface area (Å²) in [4.78, 5) is 0. The fourth-order valence-electron chi connectivity index (χ4n) is 4.97. The lowest BCUT2D eigenvalue weighted by atomic mass is 9.64. The molecule has 0 aliphatic heterocycles. The summed E-state index contributed by atoms with van der Waals surface area (Å²) >= 11 is 0. The number of fused-ring (bicyclic) bond motifs is 1. The second-order valence-electron chi connectivity index (χ2n) is 5.32. The Morgan fingerprint density at radius 3 is 1.81 bits per heavy atom. The van der Waals surface area contributed by atoms with Crippen LogP contribution in [0.4, 0.5) is 26.3 Å². The highest BCUT2D eigenvalue weighted by molar-refractivity contribution is 5.40. The lowest BCUT2D eigenvalue weighted by Gasteiger charge is -2.42. The molecule has 0 bridgehead atoms. The van der Waals surface area contributed by atoms with Crippen LogP contribution in [-0.2, 0) is 0 Å². The number of alkyl halides is 6. The molecule has 0 heterocycles. The summed E-state index contributed by atoms with van der Waals surface area (Å²) in [6.45, 7) is 1.52. The van der Waals surface area contributed by atoms with Gasteiger partial charge in [0, 0.05) is 0 Å². The molecule has 92 valence electrons. The lowest BCUT2D eigenvalue weighted by molar-refractivity contribution is -0.260. The molecule has 16 heavy (non-hydrogen) atoms. The van der Waals surface area contributed by atoms with Gasteiger partial charge in [-0.25, -0.2) is 0 Å². The molecule has 3 rings (SSSR count). The van der Waals surface area contributed by atoms with Gasteiger partial charge in [0.2, 0.25) is 0 Å². The van der Waals surface area contributed by atoms with Crippen LogP contribution in [0.2, 0.25) is 0 Å². The first-order valence-electron chi connectivity index (χ1n) is 5.26. The van der Waals surface area contributed by atoms with E-state index in [1.807, 2.05) is 0 Å². The Hall–Kier alpha value is -0.420. The van der Waals surface area contributed by atoms with E-state index in [2.05, 4.69) is 0 Å². The molecular weight excluding hydrogens is 234 g/mol. The zero-order valence-corrected chi connectivity index (χ0v) is 8.41. The van der Waals surface area contributed by atoms with E-state index in [-0.39, 0.29) is 12.8 Å². The summed E-state index contributed by atoms with van der Waals surface area (Å²) in [7, 11) is 0. The van der Waals surface area contributed by atoms with Crippen LogP contribution in [0.1, 0.15) is 19.8 Å². The quantitative estimate of drug-likeness (QED) is 0.569. The Balaban J connectivity index is 2.11. The maximum atomic E-state index is 12.9. The normalized spacial score (nSPS) is 54.6. The minimum atomic E-state index is -4.72. The second kappa shape index (κ2) is 2.25. The van der Waals surface area contributed by atoms with Crippen molar-refractivity contribution >= 4 is 0 Å². The molecule has 0 spiro atoms. The van der Waals surface area contributed by atoms with Crippen LogP contribution in [0.25, 0.3) is 0 Å². The molecule has 0 nitrogen and oxygen atoms in total. The van der Waals surface area contributed by atoms with Gasteiger partial charge in [0.05, 0.1) is 10.8 Å². The van der Waals surface area contributed by atoms with E-state index in [0.29, 0.717) is 0 Å². The van der Waals surface area contributed by atoms with Gasteiger partial charge in [-0.2, -0.15) is 26.3 Å². The summed E-state index contributed by atoms with van der Waals surface area (Å²) in [5.74, 6) is -2.45. The standard InChI is InChI=1S/C10H10F6/c1-4-5-2-3-7(9(11,12)13)6(4)8(5,7)10(14,15)16/h4-6H,2-3H2,1H3/t4?,5-,6?,7?,8?/m0/s1. The van der Waals surface area contributed by atoms with Crippen LogP contribution >= 0.6 is 0 Å². The molecule has 0 N–H and O–H groups in total. The average Bonchev–Trinajstić information content (AvgIpc) is 2.53. The SMILES string of the molecule is CC1C2C3(C(F)(F)F)CC[C@@H]1C23C(F)(F)F. The molecule has 3 saturated carbocycles. The van der Waals surface area contributed by atoms with E-state index < -0.39 is 40.9 Å². The second-order valence-corrected chi connectivity index (χ2v) is 5.32. The van der Waals surface area contributed by atoms with Gasteiger partial charge in [-0.1, -0.05) is 6.92 Å². The summed E-state index contributed by atoms with van der Waals surface area (Å²) in [6, 6.07) is 0. The lowest BCUT2D eigenvalue weighted by Crippen LogP contribution is -2.46. The topological polar surface area (TPSA) is 0 Å². The van der Waals surface area contributed by atoms with Crippen LogP contribution in [0, 0.1) is 28.6 Å². The molecule has 5 atom stereocenters. The van der Waals surface area contributed by atoms with Crippen LogP contribution in [0.3, 0.4) is 0 Å². The van der Waals surface area contributed by atoms with Crippen LogP contribution < -0.4 is 0 Å². The van der Waals surface area contributed by atoms with Crippen molar-refractivity contribution in [3.05, 3.63) is 0 Å². The van der Waals surface area contributed by atoms with Crippen molar-refractivity contribution in [1.82, 2.24) is 0 Å². The van der Waals surface area contributed by atoms with Crippen molar-refractivity contribution in [3.8, 4) is 0 Å². The van der Waals surface area contributed by atoms with Gasteiger partial charge in [0.1, 0.15) is 0 Å². The van der Waals surface area contributed by atoms with Crippen molar-refractivity contribution in [3.63, 3.8) is 0 Å². The molecule has 0 amide bonds. The summed E-state index contributed by atoms with van der Waals surface area (Å²) in [5, 5.41) is 0. The monoisotopic (exact) mass is 244 g/mol. The minimum Gasteiger partial charge on any atom is -0.170 e. The van der Waals surface area contributed by atoms with E-state index in [4.69, 9.17) is 0 Å². The fourth-order valence-corrected chi connectivity index (χ4v) is 4.97. The predicted octanol–water partition coefficient (Wildman–Crippen LogP) is 3.77. The van der Waals surface area contributed by atoms with Gasteiger partial charge < -0.3 is 0 Å². The molecule has 6 heteroatoms. The third kappa shape index (κ3) is 0.671. The highest BCUT2D eigenvalue weighted by atomic mass is 19.4. The van der Waals surface area contributed by atoms with Gasteiger partial charge in [-0.15, -0.1) is 0 Å². The highest BCUT2D eigenvalue weighted by Gasteiger charge is 3.04. The minimum absolute atomic E-state index is 0.0662. The molecule has 3 aliphatic carbocycles. The van der Waals surface area contributed by atoms with Gasteiger partial charge >= 0.3 is 12.4 Å². The van der Waals surface area contributed by atoms with E-state index in [0.717, 1.165) is 0 Å². The zero-order valence-electron chi connectivity index (χ0n) is 8.41. The van der Waals surface area contributed by atoms with Gasteiger partial charge in [-0.3, -0.25) is 0 Å². The van der Waals surface area contributed by atoms with E-state index in [1.54, 1.807) is 0 Å². The van der Waals surface area contributed by atoms with Crippen LogP contribution in [0.5, 0.6) is 0 Å². The number of halogens is 6.